The van der Waals surface area contributed by atoms with Gasteiger partial charge >= 0.3 is 0 Å². The van der Waals surface area contributed by atoms with Crippen LogP contribution in [-0.2, 0) is 13.6 Å². The molecule has 1 fully saturated rings. The summed E-state index contributed by atoms with van der Waals surface area (Å²) < 4.78 is 2.54. The molecule has 1 aliphatic carbocycles. The summed E-state index contributed by atoms with van der Waals surface area (Å²) in [4.78, 5) is 23.0. The lowest BCUT2D eigenvalue weighted by molar-refractivity contribution is 0.0722. The molecule has 0 saturated heterocycles. The van der Waals surface area contributed by atoms with Gasteiger partial charge in [0.1, 0.15) is 10.4 Å². The molecule has 1 amide bonds. The van der Waals surface area contributed by atoms with Crippen LogP contribution in [0, 0.1) is 0 Å². The quantitative estimate of drug-likeness (QED) is 0.806. The molecule has 3 rings (SSSR count). The first-order valence-electron chi connectivity index (χ1n) is 6.54. The van der Waals surface area contributed by atoms with Crippen LogP contribution in [0.5, 0.6) is 0 Å². The lowest BCUT2D eigenvalue weighted by Crippen LogP contribution is -2.33. The SMILES string of the molecule is Cn1ccnc1CN(C(=O)c1cccnc1Br)C1CC1. The Morgan fingerprint density at radius 3 is 2.85 bits per heavy atom. The molecule has 0 bridgehead atoms. The van der Waals surface area contributed by atoms with Gasteiger partial charge in [0.05, 0.1) is 12.1 Å². The summed E-state index contributed by atoms with van der Waals surface area (Å²) >= 11 is 3.35. The predicted octanol–water partition coefficient (Wildman–Crippen LogP) is 2.38. The minimum Gasteiger partial charge on any atom is -0.337 e. The highest BCUT2D eigenvalue weighted by atomic mass is 79.9. The van der Waals surface area contributed by atoms with Gasteiger partial charge < -0.3 is 9.47 Å². The Morgan fingerprint density at radius 2 is 2.25 bits per heavy atom. The Kier molecular flexibility index (Phi) is 3.56. The van der Waals surface area contributed by atoms with Crippen LogP contribution in [0.15, 0.2) is 35.3 Å². The van der Waals surface area contributed by atoms with Gasteiger partial charge in [-0.1, -0.05) is 0 Å². The molecule has 5 nitrogen and oxygen atoms in total. The highest BCUT2D eigenvalue weighted by Gasteiger charge is 2.34. The fraction of sp³-hybridized carbons (Fsp3) is 0.357. The second-order valence-corrected chi connectivity index (χ2v) is 5.71. The van der Waals surface area contributed by atoms with E-state index in [-0.39, 0.29) is 5.91 Å². The third-order valence-electron chi connectivity index (χ3n) is 3.47. The van der Waals surface area contributed by atoms with Gasteiger partial charge in [-0.2, -0.15) is 0 Å². The second kappa shape index (κ2) is 5.36. The molecule has 2 aromatic rings. The molecule has 0 spiro atoms. The maximum atomic E-state index is 12.7. The number of aromatic nitrogens is 3. The van der Waals surface area contributed by atoms with E-state index in [2.05, 4.69) is 25.9 Å². The number of pyridine rings is 1. The molecule has 2 heterocycles. The predicted molar refractivity (Wildman–Crippen MR) is 78.0 cm³/mol. The van der Waals surface area contributed by atoms with E-state index in [1.54, 1.807) is 24.5 Å². The number of hydrogen-bond acceptors (Lipinski definition) is 3. The van der Waals surface area contributed by atoms with E-state index in [1.807, 2.05) is 22.7 Å². The number of rotatable bonds is 4. The normalized spacial score (nSPS) is 14.3. The zero-order valence-corrected chi connectivity index (χ0v) is 12.7. The van der Waals surface area contributed by atoms with Crippen LogP contribution in [0.25, 0.3) is 0 Å². The Labute approximate surface area is 125 Å². The van der Waals surface area contributed by atoms with Crippen LogP contribution >= 0.6 is 15.9 Å². The van der Waals surface area contributed by atoms with Crippen LogP contribution in [0.4, 0.5) is 0 Å². The molecule has 104 valence electrons. The number of halogens is 1. The largest absolute Gasteiger partial charge is 0.337 e. The molecular formula is C14H15BrN4O. The van der Waals surface area contributed by atoms with E-state index in [0.29, 0.717) is 22.8 Å². The molecule has 20 heavy (non-hydrogen) atoms. The van der Waals surface area contributed by atoms with Gasteiger partial charge in [-0.25, -0.2) is 9.97 Å². The van der Waals surface area contributed by atoms with Crippen LogP contribution in [0.1, 0.15) is 29.0 Å². The van der Waals surface area contributed by atoms with Crippen molar-refractivity contribution in [2.75, 3.05) is 0 Å². The van der Waals surface area contributed by atoms with E-state index in [0.717, 1.165) is 18.7 Å². The highest BCUT2D eigenvalue weighted by Crippen LogP contribution is 2.30. The summed E-state index contributed by atoms with van der Waals surface area (Å²) in [5.41, 5.74) is 0.605. The summed E-state index contributed by atoms with van der Waals surface area (Å²) in [6.07, 6.45) is 7.44. The van der Waals surface area contributed by atoms with Gasteiger partial charge in [-0.05, 0) is 40.9 Å². The van der Waals surface area contributed by atoms with Gasteiger partial charge in [0.15, 0.2) is 0 Å². The Hall–Kier alpha value is -1.69. The topological polar surface area (TPSA) is 51.0 Å². The summed E-state index contributed by atoms with van der Waals surface area (Å²) in [5, 5.41) is 0. The second-order valence-electron chi connectivity index (χ2n) is 4.96. The average Bonchev–Trinajstić information content (AvgIpc) is 3.20. The van der Waals surface area contributed by atoms with Crippen molar-refractivity contribution < 1.29 is 4.79 Å². The van der Waals surface area contributed by atoms with Crippen molar-refractivity contribution in [3.05, 3.63) is 46.7 Å². The minimum atomic E-state index is 0.00970. The number of aryl methyl sites for hydroxylation is 1. The molecule has 0 radical (unpaired) electrons. The summed E-state index contributed by atoms with van der Waals surface area (Å²) in [6.45, 7) is 0.536. The molecule has 2 aromatic heterocycles. The van der Waals surface area contributed by atoms with Crippen molar-refractivity contribution >= 4 is 21.8 Å². The zero-order valence-electron chi connectivity index (χ0n) is 11.2. The number of hydrogen-bond donors (Lipinski definition) is 0. The maximum Gasteiger partial charge on any atom is 0.257 e. The van der Waals surface area contributed by atoms with E-state index in [9.17, 15) is 4.79 Å². The third kappa shape index (κ3) is 2.60. The molecule has 1 saturated carbocycles. The van der Waals surface area contributed by atoms with Crippen molar-refractivity contribution in [3.63, 3.8) is 0 Å². The fourth-order valence-electron chi connectivity index (χ4n) is 2.15. The van der Waals surface area contributed by atoms with Crippen molar-refractivity contribution in [1.29, 1.82) is 0 Å². The highest BCUT2D eigenvalue weighted by molar-refractivity contribution is 9.10. The number of amides is 1. The molecule has 0 N–H and O–H groups in total. The molecular weight excluding hydrogens is 320 g/mol. The Morgan fingerprint density at radius 1 is 1.45 bits per heavy atom. The van der Waals surface area contributed by atoms with Gasteiger partial charge in [-0.15, -0.1) is 0 Å². The van der Waals surface area contributed by atoms with Crippen molar-refractivity contribution in [2.45, 2.75) is 25.4 Å². The Balaban J connectivity index is 1.86. The standard InChI is InChI=1S/C14H15BrN4O/c1-18-8-7-16-12(18)9-19(10-4-5-10)14(20)11-3-2-6-17-13(11)15/h2-3,6-8,10H,4-5,9H2,1H3. The van der Waals surface area contributed by atoms with Crippen LogP contribution in [-0.4, -0.2) is 31.4 Å². The van der Waals surface area contributed by atoms with Crippen molar-refractivity contribution in [1.82, 2.24) is 19.4 Å². The first-order chi connectivity index (χ1) is 9.66. The van der Waals surface area contributed by atoms with Gasteiger partial charge in [0.25, 0.3) is 5.91 Å². The van der Waals surface area contributed by atoms with E-state index >= 15 is 0 Å². The third-order valence-corrected chi connectivity index (χ3v) is 4.10. The number of carbonyl (C=O) groups excluding carboxylic acids is 1. The monoisotopic (exact) mass is 334 g/mol. The first kappa shape index (κ1) is 13.3. The van der Waals surface area contributed by atoms with E-state index in [4.69, 9.17) is 0 Å². The molecule has 0 unspecified atom stereocenters. The Bertz CT molecular complexity index is 636. The van der Waals surface area contributed by atoms with Gasteiger partial charge in [0, 0.05) is 31.7 Å². The van der Waals surface area contributed by atoms with Crippen LogP contribution < -0.4 is 0 Å². The molecule has 0 aliphatic heterocycles. The summed E-state index contributed by atoms with van der Waals surface area (Å²) in [6, 6.07) is 3.91. The summed E-state index contributed by atoms with van der Waals surface area (Å²) in [7, 11) is 1.94. The van der Waals surface area contributed by atoms with Gasteiger partial charge in [-0.3, -0.25) is 4.79 Å². The van der Waals surface area contributed by atoms with Crippen LogP contribution in [0.2, 0.25) is 0 Å². The average molecular weight is 335 g/mol. The van der Waals surface area contributed by atoms with E-state index in [1.165, 1.54) is 0 Å². The van der Waals surface area contributed by atoms with Crippen molar-refractivity contribution in [2.24, 2.45) is 7.05 Å². The maximum absolute atomic E-state index is 12.7. The van der Waals surface area contributed by atoms with Crippen LogP contribution in [0.3, 0.4) is 0 Å². The number of carbonyl (C=O) groups is 1. The lowest BCUT2D eigenvalue weighted by Gasteiger charge is -2.22. The zero-order chi connectivity index (χ0) is 14.1. The fourth-order valence-corrected chi connectivity index (χ4v) is 2.57. The molecule has 0 atom stereocenters. The molecule has 6 heteroatoms. The van der Waals surface area contributed by atoms with Crippen molar-refractivity contribution in [3.8, 4) is 0 Å². The minimum absolute atomic E-state index is 0.00970. The lowest BCUT2D eigenvalue weighted by atomic mass is 10.2. The number of nitrogens with zero attached hydrogens (tertiary/aromatic N) is 4. The first-order valence-corrected chi connectivity index (χ1v) is 7.34. The summed E-state index contributed by atoms with van der Waals surface area (Å²) in [5.74, 6) is 0.903. The number of imidazole rings is 1. The smallest absolute Gasteiger partial charge is 0.257 e. The van der Waals surface area contributed by atoms with E-state index < -0.39 is 0 Å². The van der Waals surface area contributed by atoms with Gasteiger partial charge in [0.2, 0.25) is 0 Å². The molecule has 0 aromatic carbocycles. The molecule has 1 aliphatic rings.